The monoisotopic (exact) mass is 567 g/mol. The van der Waals surface area contributed by atoms with Crippen LogP contribution in [0.3, 0.4) is 0 Å². The number of aliphatic carboxylic acids is 1. The molecule has 2 aromatic rings. The molecule has 1 aromatic carbocycles. The minimum absolute atomic E-state index is 0.0809. The number of hydrogen-bond acceptors (Lipinski definition) is 9. The van der Waals surface area contributed by atoms with Crippen molar-refractivity contribution in [2.24, 2.45) is 0 Å². The second-order valence-corrected chi connectivity index (χ2v) is 8.92. The normalized spacial score (nSPS) is 13.9. The number of nitrogens with one attached hydrogen (secondary N) is 1. The molecule has 0 radical (unpaired) electrons. The van der Waals surface area contributed by atoms with Crippen molar-refractivity contribution in [3.05, 3.63) is 53.9 Å². The van der Waals surface area contributed by atoms with Crippen molar-refractivity contribution in [2.75, 3.05) is 39.4 Å². The fourth-order valence-corrected chi connectivity index (χ4v) is 4.03. The van der Waals surface area contributed by atoms with Crippen LogP contribution in [0.1, 0.15) is 42.9 Å². The van der Waals surface area contributed by atoms with E-state index in [1.165, 1.54) is 28.0 Å². The van der Waals surface area contributed by atoms with Crippen LogP contribution in [-0.2, 0) is 23.9 Å². The molecular weight excluding hydrogens is 534 g/mol. The number of amides is 3. The molecular formula is C28H33N5O8. The molecule has 2 heterocycles. The van der Waals surface area contributed by atoms with Crippen molar-refractivity contribution in [1.82, 2.24) is 25.1 Å². The van der Waals surface area contributed by atoms with Gasteiger partial charge in [-0.3, -0.25) is 14.4 Å². The molecule has 13 heteroatoms. The van der Waals surface area contributed by atoms with E-state index >= 15 is 0 Å². The zero-order chi connectivity index (χ0) is 29.8. The third-order valence-electron chi connectivity index (χ3n) is 6.06. The molecule has 1 fully saturated rings. The fourth-order valence-electron chi connectivity index (χ4n) is 4.03. The average Bonchev–Trinajstić information content (AvgIpc) is 2.98. The van der Waals surface area contributed by atoms with Crippen LogP contribution in [0.15, 0.2) is 42.5 Å². The average molecular weight is 568 g/mol. The Labute approximate surface area is 237 Å². The SMILES string of the molecule is CCOC(=O)C=Cc1cc(C(=O)N[C@@H](CCC(=O)O)C(=O)N2CCN(C(=O)OCC)CC2)nc(-c2ccccc2)n1. The fraction of sp³-hybridized carbons (Fsp3) is 0.393. The molecule has 13 nitrogen and oxygen atoms in total. The van der Waals surface area contributed by atoms with Crippen molar-refractivity contribution in [3.8, 4) is 11.4 Å². The Morgan fingerprint density at radius 2 is 1.63 bits per heavy atom. The summed E-state index contributed by atoms with van der Waals surface area (Å²) in [6.45, 7) is 4.69. The van der Waals surface area contributed by atoms with Crippen molar-refractivity contribution >= 4 is 35.9 Å². The molecule has 0 saturated carbocycles. The van der Waals surface area contributed by atoms with Crippen LogP contribution >= 0.6 is 0 Å². The predicted molar refractivity (Wildman–Crippen MR) is 146 cm³/mol. The lowest BCUT2D eigenvalue weighted by Gasteiger charge is -2.35. The maximum absolute atomic E-state index is 13.4. The first-order chi connectivity index (χ1) is 19.7. The number of carboxylic acid groups (broad SMARTS) is 1. The van der Waals surface area contributed by atoms with Gasteiger partial charge in [0, 0.05) is 44.2 Å². The summed E-state index contributed by atoms with van der Waals surface area (Å²) in [4.78, 5) is 73.6. The van der Waals surface area contributed by atoms with E-state index < -0.39 is 35.9 Å². The van der Waals surface area contributed by atoms with Gasteiger partial charge in [-0.25, -0.2) is 19.6 Å². The van der Waals surface area contributed by atoms with Crippen LogP contribution in [0.5, 0.6) is 0 Å². The highest BCUT2D eigenvalue weighted by Gasteiger charge is 2.31. The van der Waals surface area contributed by atoms with E-state index in [-0.39, 0.29) is 69.4 Å². The van der Waals surface area contributed by atoms with E-state index in [0.717, 1.165) is 0 Å². The number of esters is 1. The van der Waals surface area contributed by atoms with Crippen LogP contribution in [0, 0.1) is 0 Å². The Bertz CT molecular complexity index is 1280. The van der Waals surface area contributed by atoms with Gasteiger partial charge in [0.15, 0.2) is 5.82 Å². The van der Waals surface area contributed by atoms with Crippen LogP contribution in [0.2, 0.25) is 0 Å². The summed E-state index contributed by atoms with van der Waals surface area (Å²) < 4.78 is 9.91. The molecule has 3 rings (SSSR count). The van der Waals surface area contributed by atoms with E-state index in [1.807, 2.05) is 6.07 Å². The molecule has 1 aliphatic rings. The number of piperazine rings is 1. The highest BCUT2D eigenvalue weighted by molar-refractivity contribution is 5.97. The summed E-state index contributed by atoms with van der Waals surface area (Å²) in [5.74, 6) is -2.68. The van der Waals surface area contributed by atoms with Gasteiger partial charge in [0.25, 0.3) is 5.91 Å². The van der Waals surface area contributed by atoms with E-state index in [9.17, 15) is 29.1 Å². The minimum Gasteiger partial charge on any atom is -0.481 e. The molecule has 0 unspecified atom stereocenters. The lowest BCUT2D eigenvalue weighted by molar-refractivity contribution is -0.139. The number of nitrogens with zero attached hydrogens (tertiary/aromatic N) is 4. The summed E-state index contributed by atoms with van der Waals surface area (Å²) in [6, 6.07) is 9.09. The van der Waals surface area contributed by atoms with Crippen molar-refractivity contribution in [2.45, 2.75) is 32.7 Å². The van der Waals surface area contributed by atoms with Crippen LogP contribution in [0.4, 0.5) is 4.79 Å². The van der Waals surface area contributed by atoms with Gasteiger partial charge in [-0.15, -0.1) is 0 Å². The summed E-state index contributed by atoms with van der Waals surface area (Å²) in [7, 11) is 0. The number of aromatic nitrogens is 2. The lowest BCUT2D eigenvalue weighted by Crippen LogP contribution is -2.56. The Morgan fingerprint density at radius 3 is 2.27 bits per heavy atom. The number of ether oxygens (including phenoxy) is 2. The molecule has 2 N–H and O–H groups in total. The van der Waals surface area contributed by atoms with E-state index in [1.54, 1.807) is 38.1 Å². The number of carboxylic acids is 1. The van der Waals surface area contributed by atoms with Gasteiger partial charge in [-0.2, -0.15) is 0 Å². The van der Waals surface area contributed by atoms with Crippen molar-refractivity contribution in [3.63, 3.8) is 0 Å². The third-order valence-corrected chi connectivity index (χ3v) is 6.06. The molecule has 1 aliphatic heterocycles. The summed E-state index contributed by atoms with van der Waals surface area (Å²) in [5.41, 5.74) is 0.786. The lowest BCUT2D eigenvalue weighted by atomic mass is 10.1. The zero-order valence-corrected chi connectivity index (χ0v) is 22.9. The highest BCUT2D eigenvalue weighted by atomic mass is 16.6. The standard InChI is InChI=1S/C28H33N5O8/c1-3-40-24(36)13-10-20-18-22(30-25(29-20)19-8-6-5-7-9-19)26(37)31-21(11-12-23(34)35)27(38)32-14-16-33(17-15-32)28(39)41-4-2/h5-10,13,18,21H,3-4,11-12,14-17H2,1-2H3,(H,31,37)(H,34,35)/t21-/m0/s1. The molecule has 218 valence electrons. The molecule has 1 saturated heterocycles. The van der Waals surface area contributed by atoms with Crippen molar-refractivity contribution < 1.29 is 38.6 Å². The second kappa shape index (κ2) is 15.1. The molecule has 0 aliphatic carbocycles. The summed E-state index contributed by atoms with van der Waals surface area (Å²) in [5, 5.41) is 11.9. The maximum Gasteiger partial charge on any atom is 0.409 e. The number of rotatable bonds is 11. The largest absolute Gasteiger partial charge is 0.481 e. The molecule has 0 bridgehead atoms. The van der Waals surface area contributed by atoms with E-state index in [0.29, 0.717) is 5.56 Å². The van der Waals surface area contributed by atoms with Gasteiger partial charge < -0.3 is 29.7 Å². The Kier molecular flexibility index (Phi) is 11.3. The third kappa shape index (κ3) is 9.12. The quantitative estimate of drug-likeness (QED) is 0.302. The molecule has 0 spiro atoms. The predicted octanol–water partition coefficient (Wildman–Crippen LogP) is 1.98. The highest BCUT2D eigenvalue weighted by Crippen LogP contribution is 2.17. The Hall–Kier alpha value is -4.81. The first-order valence-electron chi connectivity index (χ1n) is 13.2. The maximum atomic E-state index is 13.4. The second-order valence-electron chi connectivity index (χ2n) is 8.92. The first-order valence-corrected chi connectivity index (χ1v) is 13.2. The Morgan fingerprint density at radius 1 is 0.976 bits per heavy atom. The summed E-state index contributed by atoms with van der Waals surface area (Å²) in [6.07, 6.45) is 1.59. The topological polar surface area (TPSA) is 168 Å². The van der Waals surface area contributed by atoms with Crippen molar-refractivity contribution in [1.29, 1.82) is 0 Å². The zero-order valence-electron chi connectivity index (χ0n) is 22.9. The van der Waals surface area contributed by atoms with Gasteiger partial charge in [0.05, 0.1) is 18.9 Å². The summed E-state index contributed by atoms with van der Waals surface area (Å²) >= 11 is 0. The van der Waals surface area contributed by atoms with Gasteiger partial charge in [0.1, 0.15) is 11.7 Å². The van der Waals surface area contributed by atoms with Gasteiger partial charge in [-0.05, 0) is 32.4 Å². The van der Waals surface area contributed by atoms with Gasteiger partial charge in [-0.1, -0.05) is 30.3 Å². The minimum atomic E-state index is -1.15. The molecule has 41 heavy (non-hydrogen) atoms. The number of hydrogen-bond donors (Lipinski definition) is 2. The van der Waals surface area contributed by atoms with Gasteiger partial charge in [0.2, 0.25) is 5.91 Å². The van der Waals surface area contributed by atoms with E-state index in [4.69, 9.17) is 9.47 Å². The molecule has 3 amide bonds. The van der Waals surface area contributed by atoms with E-state index in [2.05, 4.69) is 15.3 Å². The Balaban J connectivity index is 1.83. The van der Waals surface area contributed by atoms with Crippen LogP contribution in [0.25, 0.3) is 17.5 Å². The van der Waals surface area contributed by atoms with Gasteiger partial charge >= 0.3 is 18.0 Å². The number of benzene rings is 1. The molecule has 1 aromatic heterocycles. The first kappa shape index (κ1) is 30.7. The number of carbonyl (C=O) groups excluding carboxylic acids is 4. The molecule has 1 atom stereocenters. The van der Waals surface area contributed by atoms with Crippen LogP contribution < -0.4 is 5.32 Å². The number of carbonyl (C=O) groups is 5. The van der Waals surface area contributed by atoms with Crippen LogP contribution in [-0.4, -0.2) is 100 Å². The smallest absolute Gasteiger partial charge is 0.409 e.